The lowest BCUT2D eigenvalue weighted by atomic mass is 9.81. The summed E-state index contributed by atoms with van der Waals surface area (Å²) in [6.45, 7) is 1.88. The Morgan fingerprint density at radius 1 is 1.53 bits per heavy atom. The minimum atomic E-state index is -3.52. The predicted octanol–water partition coefficient (Wildman–Crippen LogP) is 1.84. The van der Waals surface area contributed by atoms with Crippen LogP contribution in [-0.4, -0.2) is 25.5 Å². The second-order valence-electron chi connectivity index (χ2n) is 4.89. The average Bonchev–Trinajstić information content (AvgIpc) is 2.61. The second kappa shape index (κ2) is 5.60. The molecule has 0 amide bonds. The van der Waals surface area contributed by atoms with E-state index in [1.165, 1.54) is 12.5 Å². The second-order valence-corrected chi connectivity index (χ2v) is 8.00. The third-order valence-corrected chi connectivity index (χ3v) is 6.56. The summed E-state index contributed by atoms with van der Waals surface area (Å²) >= 11 is 1.02. The van der Waals surface area contributed by atoms with Gasteiger partial charge in [0.15, 0.2) is 0 Å². The van der Waals surface area contributed by atoms with Crippen LogP contribution in [0, 0.1) is 5.92 Å². The van der Waals surface area contributed by atoms with E-state index in [2.05, 4.69) is 4.72 Å². The lowest BCUT2D eigenvalue weighted by Crippen LogP contribution is -2.40. The average molecular weight is 303 g/mol. The summed E-state index contributed by atoms with van der Waals surface area (Å²) in [6, 6.07) is 2.96. The number of carboxylic acid groups (broad SMARTS) is 1. The topological polar surface area (TPSA) is 83.5 Å². The quantitative estimate of drug-likeness (QED) is 0.840. The van der Waals surface area contributed by atoms with Crippen LogP contribution in [0.2, 0.25) is 0 Å². The van der Waals surface area contributed by atoms with Crippen LogP contribution in [0.15, 0.2) is 16.3 Å². The highest BCUT2D eigenvalue weighted by molar-refractivity contribution is 7.91. The van der Waals surface area contributed by atoms with Crippen molar-refractivity contribution in [2.24, 2.45) is 5.92 Å². The molecule has 2 rings (SSSR count). The molecule has 0 radical (unpaired) electrons. The molecule has 2 N–H and O–H groups in total. The molecule has 5 nitrogen and oxygen atoms in total. The van der Waals surface area contributed by atoms with E-state index >= 15 is 0 Å². The molecule has 1 aliphatic rings. The molecule has 1 saturated carbocycles. The molecule has 1 fully saturated rings. The van der Waals surface area contributed by atoms with E-state index in [1.54, 1.807) is 6.07 Å². The van der Waals surface area contributed by atoms with E-state index in [0.717, 1.165) is 24.2 Å². The molecule has 0 saturated heterocycles. The van der Waals surface area contributed by atoms with Gasteiger partial charge in [0.2, 0.25) is 10.0 Å². The smallest absolute Gasteiger partial charge is 0.308 e. The maximum Gasteiger partial charge on any atom is 0.308 e. The number of hydrogen-bond donors (Lipinski definition) is 2. The summed E-state index contributed by atoms with van der Waals surface area (Å²) in [6.07, 6.45) is 3.16. The first-order valence-corrected chi connectivity index (χ1v) is 8.51. The van der Waals surface area contributed by atoms with Gasteiger partial charge in [-0.3, -0.25) is 4.79 Å². The Bertz CT molecular complexity index is 560. The van der Waals surface area contributed by atoms with E-state index in [-0.39, 0.29) is 16.7 Å². The molecule has 19 heavy (non-hydrogen) atoms. The van der Waals surface area contributed by atoms with Crippen LogP contribution in [0.3, 0.4) is 0 Å². The van der Waals surface area contributed by atoms with E-state index in [4.69, 9.17) is 5.11 Å². The Hall–Kier alpha value is -0.920. The normalized spacial score (nSPS) is 17.9. The number of nitrogens with one attached hydrogen (secondary N) is 1. The molecule has 106 valence electrons. The minimum Gasteiger partial charge on any atom is -0.481 e. The molecule has 1 atom stereocenters. The zero-order valence-corrected chi connectivity index (χ0v) is 12.3. The van der Waals surface area contributed by atoms with Gasteiger partial charge >= 0.3 is 5.97 Å². The van der Waals surface area contributed by atoms with Crippen LogP contribution in [0.25, 0.3) is 0 Å². The molecule has 1 aromatic rings. The van der Waals surface area contributed by atoms with Crippen LogP contribution in [-0.2, 0) is 21.2 Å². The summed E-state index contributed by atoms with van der Waals surface area (Å²) < 4.78 is 27.1. The molecule has 1 aromatic heterocycles. The van der Waals surface area contributed by atoms with Crippen molar-refractivity contribution in [2.75, 3.05) is 0 Å². The Kier molecular flexibility index (Phi) is 4.27. The van der Waals surface area contributed by atoms with Crippen molar-refractivity contribution >= 4 is 27.3 Å². The first-order chi connectivity index (χ1) is 8.88. The molecule has 0 spiro atoms. The van der Waals surface area contributed by atoms with Crippen molar-refractivity contribution in [2.45, 2.75) is 42.9 Å². The first kappa shape index (κ1) is 14.5. The van der Waals surface area contributed by atoms with Crippen molar-refractivity contribution in [3.05, 3.63) is 17.0 Å². The van der Waals surface area contributed by atoms with Gasteiger partial charge in [-0.1, -0.05) is 6.42 Å². The third kappa shape index (κ3) is 3.55. The first-order valence-electron chi connectivity index (χ1n) is 6.21. The Morgan fingerprint density at radius 3 is 2.74 bits per heavy atom. The zero-order chi connectivity index (χ0) is 14.0. The molecule has 1 aliphatic carbocycles. The monoisotopic (exact) mass is 303 g/mol. The molecular formula is C12H17NO4S2. The van der Waals surface area contributed by atoms with E-state index in [1.807, 2.05) is 6.92 Å². The molecule has 7 heteroatoms. The third-order valence-electron chi connectivity index (χ3n) is 3.43. The zero-order valence-electron chi connectivity index (χ0n) is 10.6. The van der Waals surface area contributed by atoms with Crippen LogP contribution >= 0.6 is 11.3 Å². The SMILES string of the molecule is CC(NS(=O)(=O)c1ccc(CC(=O)O)s1)C1CCC1. The van der Waals surface area contributed by atoms with Crippen molar-refractivity contribution in [1.82, 2.24) is 4.72 Å². The summed E-state index contributed by atoms with van der Waals surface area (Å²) in [5, 5.41) is 8.68. The van der Waals surface area contributed by atoms with Crippen LogP contribution in [0.5, 0.6) is 0 Å². The number of carbonyl (C=O) groups is 1. The van der Waals surface area contributed by atoms with Gasteiger partial charge in [-0.05, 0) is 37.8 Å². The Labute approximate surface area is 116 Å². The fraction of sp³-hybridized carbons (Fsp3) is 0.583. The molecular weight excluding hydrogens is 286 g/mol. The summed E-state index contributed by atoms with van der Waals surface area (Å²) in [5.74, 6) is -0.533. The lowest BCUT2D eigenvalue weighted by molar-refractivity contribution is -0.136. The summed E-state index contributed by atoms with van der Waals surface area (Å²) in [4.78, 5) is 11.1. The Balaban J connectivity index is 2.06. The van der Waals surface area contributed by atoms with Gasteiger partial charge < -0.3 is 5.11 Å². The van der Waals surface area contributed by atoms with E-state index < -0.39 is 16.0 Å². The van der Waals surface area contributed by atoms with Gasteiger partial charge in [0.05, 0.1) is 6.42 Å². The van der Waals surface area contributed by atoms with Gasteiger partial charge in [0, 0.05) is 10.9 Å². The molecule has 0 aromatic carbocycles. The van der Waals surface area contributed by atoms with Gasteiger partial charge in [-0.2, -0.15) is 0 Å². The fourth-order valence-corrected chi connectivity index (χ4v) is 4.76. The highest BCUT2D eigenvalue weighted by atomic mass is 32.2. The molecule has 1 unspecified atom stereocenters. The number of sulfonamides is 1. The fourth-order valence-electron chi connectivity index (χ4n) is 2.09. The largest absolute Gasteiger partial charge is 0.481 e. The number of hydrogen-bond acceptors (Lipinski definition) is 4. The van der Waals surface area contributed by atoms with E-state index in [0.29, 0.717) is 10.8 Å². The van der Waals surface area contributed by atoms with Gasteiger partial charge in [0.25, 0.3) is 0 Å². The highest BCUT2D eigenvalue weighted by Gasteiger charge is 2.28. The van der Waals surface area contributed by atoms with Gasteiger partial charge in [-0.15, -0.1) is 11.3 Å². The highest BCUT2D eigenvalue weighted by Crippen LogP contribution is 2.30. The number of aliphatic carboxylic acids is 1. The summed E-state index contributed by atoms with van der Waals surface area (Å²) in [5.41, 5.74) is 0. The van der Waals surface area contributed by atoms with E-state index in [9.17, 15) is 13.2 Å². The standard InChI is InChI=1S/C12H17NO4S2/c1-8(9-3-2-4-9)13-19(16,17)12-6-5-10(18-12)7-11(14)15/h5-6,8-9,13H,2-4,7H2,1H3,(H,14,15). The van der Waals surface area contributed by atoms with Crippen LogP contribution in [0.4, 0.5) is 0 Å². The number of rotatable bonds is 6. The van der Waals surface area contributed by atoms with Crippen LogP contribution < -0.4 is 4.72 Å². The summed E-state index contributed by atoms with van der Waals surface area (Å²) in [7, 11) is -3.52. The maximum atomic E-state index is 12.1. The van der Waals surface area contributed by atoms with Crippen molar-refractivity contribution in [3.63, 3.8) is 0 Å². The maximum absolute atomic E-state index is 12.1. The van der Waals surface area contributed by atoms with Crippen molar-refractivity contribution in [3.8, 4) is 0 Å². The predicted molar refractivity (Wildman–Crippen MR) is 72.8 cm³/mol. The van der Waals surface area contributed by atoms with Gasteiger partial charge in [0.1, 0.15) is 4.21 Å². The Morgan fingerprint density at radius 2 is 2.21 bits per heavy atom. The van der Waals surface area contributed by atoms with Gasteiger partial charge in [-0.25, -0.2) is 13.1 Å². The number of thiophene rings is 1. The number of carboxylic acids is 1. The lowest BCUT2D eigenvalue weighted by Gasteiger charge is -2.31. The van der Waals surface area contributed by atoms with Crippen LogP contribution in [0.1, 0.15) is 31.1 Å². The minimum absolute atomic E-state index is 0.0660. The molecule has 0 aliphatic heterocycles. The van der Waals surface area contributed by atoms with Crippen molar-refractivity contribution < 1.29 is 18.3 Å². The molecule has 1 heterocycles. The van der Waals surface area contributed by atoms with Crippen molar-refractivity contribution in [1.29, 1.82) is 0 Å². The molecule has 0 bridgehead atoms.